The van der Waals surface area contributed by atoms with Crippen molar-refractivity contribution in [2.24, 2.45) is 0 Å². The highest BCUT2D eigenvalue weighted by Crippen LogP contribution is 2.33. The van der Waals surface area contributed by atoms with Crippen LogP contribution in [0.2, 0.25) is 0 Å². The van der Waals surface area contributed by atoms with Crippen molar-refractivity contribution in [3.8, 4) is 11.1 Å². The van der Waals surface area contributed by atoms with Gasteiger partial charge in [-0.3, -0.25) is 14.7 Å². The van der Waals surface area contributed by atoms with Crippen molar-refractivity contribution < 1.29 is 9.18 Å². The molecule has 1 aliphatic rings. The third kappa shape index (κ3) is 3.51. The first-order valence-electron chi connectivity index (χ1n) is 8.76. The number of amides is 1. The largest absolute Gasteiger partial charge is 0.337 e. The van der Waals surface area contributed by atoms with E-state index in [0.29, 0.717) is 13.1 Å². The molecule has 138 valence electrons. The maximum Gasteiger partial charge on any atom is 0.274 e. The number of nitrogens with zero attached hydrogens (tertiary/aromatic N) is 3. The van der Waals surface area contributed by atoms with Gasteiger partial charge in [-0.1, -0.05) is 12.1 Å². The Hall–Kier alpha value is -3.29. The number of benzene rings is 1. The van der Waals surface area contributed by atoms with Crippen LogP contribution in [0, 0.1) is 5.82 Å². The molecular formula is C19H18FN5O2. The van der Waals surface area contributed by atoms with E-state index in [0.717, 1.165) is 29.7 Å². The van der Waals surface area contributed by atoms with E-state index in [1.54, 1.807) is 23.2 Å². The lowest BCUT2D eigenvalue weighted by molar-refractivity contribution is 0.0698. The van der Waals surface area contributed by atoms with Crippen molar-refractivity contribution >= 4 is 5.91 Å². The second-order valence-corrected chi connectivity index (χ2v) is 6.60. The summed E-state index contributed by atoms with van der Waals surface area (Å²) in [7, 11) is 0. The zero-order chi connectivity index (χ0) is 18.8. The Labute approximate surface area is 154 Å². The van der Waals surface area contributed by atoms with Gasteiger partial charge in [-0.25, -0.2) is 9.49 Å². The highest BCUT2D eigenvalue weighted by molar-refractivity contribution is 5.92. The number of halogens is 1. The van der Waals surface area contributed by atoms with Gasteiger partial charge >= 0.3 is 0 Å². The number of likely N-dealkylation sites (tertiary alicyclic amines) is 1. The summed E-state index contributed by atoms with van der Waals surface area (Å²) in [4.78, 5) is 25.6. The maximum absolute atomic E-state index is 13.2. The Bertz CT molecular complexity index is 991. The van der Waals surface area contributed by atoms with E-state index in [1.807, 2.05) is 0 Å². The fourth-order valence-corrected chi connectivity index (χ4v) is 3.49. The van der Waals surface area contributed by atoms with E-state index in [1.165, 1.54) is 24.3 Å². The molecule has 0 unspecified atom stereocenters. The van der Waals surface area contributed by atoms with Gasteiger partial charge in [0.05, 0.1) is 6.20 Å². The zero-order valence-electron chi connectivity index (χ0n) is 14.5. The molecule has 1 fully saturated rings. The Kier molecular flexibility index (Phi) is 4.53. The standard InChI is InChI=1S/C19H18FN5O2/c20-14-5-3-12(4-6-14)15-10-21-24-18(15)13-2-1-9-25(11-13)19(27)16-7-8-17(26)23-22-16/h3-8,10,13H,1-2,9,11H2,(H,21,24)(H,23,26)/t13-/m0/s1. The van der Waals surface area contributed by atoms with Crippen molar-refractivity contribution in [3.63, 3.8) is 0 Å². The molecular weight excluding hydrogens is 349 g/mol. The number of nitrogens with one attached hydrogen (secondary N) is 2. The van der Waals surface area contributed by atoms with Gasteiger partial charge in [-0.15, -0.1) is 0 Å². The first-order valence-corrected chi connectivity index (χ1v) is 8.76. The fourth-order valence-electron chi connectivity index (χ4n) is 3.49. The number of aromatic amines is 2. The lowest BCUT2D eigenvalue weighted by Gasteiger charge is -2.32. The average molecular weight is 367 g/mol. The molecule has 27 heavy (non-hydrogen) atoms. The summed E-state index contributed by atoms with van der Waals surface area (Å²) >= 11 is 0. The van der Waals surface area contributed by atoms with Crippen molar-refractivity contribution in [2.45, 2.75) is 18.8 Å². The van der Waals surface area contributed by atoms with Gasteiger partial charge in [-0.05, 0) is 36.6 Å². The number of carbonyl (C=O) groups is 1. The molecule has 3 heterocycles. The third-order valence-electron chi connectivity index (χ3n) is 4.84. The molecule has 0 spiro atoms. The van der Waals surface area contributed by atoms with Crippen LogP contribution in [0.5, 0.6) is 0 Å². The molecule has 4 rings (SSSR count). The van der Waals surface area contributed by atoms with Crippen LogP contribution in [-0.4, -0.2) is 44.3 Å². The van der Waals surface area contributed by atoms with E-state index in [9.17, 15) is 14.0 Å². The molecule has 1 aliphatic heterocycles. The molecule has 1 amide bonds. The number of rotatable bonds is 3. The van der Waals surface area contributed by atoms with Gasteiger partial charge in [0.15, 0.2) is 0 Å². The van der Waals surface area contributed by atoms with Crippen molar-refractivity contribution in [2.75, 3.05) is 13.1 Å². The van der Waals surface area contributed by atoms with Crippen molar-refractivity contribution in [1.82, 2.24) is 25.3 Å². The molecule has 3 aromatic rings. The van der Waals surface area contributed by atoms with E-state index >= 15 is 0 Å². The van der Waals surface area contributed by atoms with Gasteiger partial charge < -0.3 is 4.90 Å². The van der Waals surface area contributed by atoms with Gasteiger partial charge in [0.2, 0.25) is 0 Å². The highest BCUT2D eigenvalue weighted by atomic mass is 19.1. The molecule has 0 saturated carbocycles. The summed E-state index contributed by atoms with van der Waals surface area (Å²) in [6.07, 6.45) is 3.49. The summed E-state index contributed by atoms with van der Waals surface area (Å²) in [5.41, 5.74) is 2.61. The fraction of sp³-hybridized carbons (Fsp3) is 0.263. The number of hydrogen-bond acceptors (Lipinski definition) is 4. The van der Waals surface area contributed by atoms with Crippen molar-refractivity contribution in [3.05, 3.63) is 70.2 Å². The zero-order valence-corrected chi connectivity index (χ0v) is 14.5. The summed E-state index contributed by atoms with van der Waals surface area (Å²) in [5, 5.41) is 13.3. The molecule has 1 aromatic carbocycles. The van der Waals surface area contributed by atoms with Gasteiger partial charge in [0, 0.05) is 36.3 Å². The van der Waals surface area contributed by atoms with Gasteiger partial charge in [0.1, 0.15) is 11.5 Å². The van der Waals surface area contributed by atoms with E-state index in [2.05, 4.69) is 20.4 Å². The van der Waals surface area contributed by atoms with E-state index in [-0.39, 0.29) is 28.9 Å². The monoisotopic (exact) mass is 367 g/mol. The van der Waals surface area contributed by atoms with E-state index in [4.69, 9.17) is 0 Å². The second kappa shape index (κ2) is 7.14. The minimum atomic E-state index is -0.343. The predicted octanol–water partition coefficient (Wildman–Crippen LogP) is 2.32. The van der Waals surface area contributed by atoms with Crippen LogP contribution in [0.3, 0.4) is 0 Å². The van der Waals surface area contributed by atoms with Crippen LogP contribution < -0.4 is 5.56 Å². The minimum Gasteiger partial charge on any atom is -0.337 e. The molecule has 0 aliphatic carbocycles. The molecule has 1 atom stereocenters. The molecule has 2 aromatic heterocycles. The molecule has 7 nitrogen and oxygen atoms in total. The molecule has 2 N–H and O–H groups in total. The minimum absolute atomic E-state index is 0.0908. The summed E-state index contributed by atoms with van der Waals surface area (Å²) in [5.74, 6) is -0.404. The molecule has 0 radical (unpaired) electrons. The lowest BCUT2D eigenvalue weighted by atomic mass is 9.90. The number of H-pyrrole nitrogens is 2. The van der Waals surface area contributed by atoms with E-state index < -0.39 is 0 Å². The maximum atomic E-state index is 13.2. The topological polar surface area (TPSA) is 94.7 Å². The smallest absolute Gasteiger partial charge is 0.274 e. The lowest BCUT2D eigenvalue weighted by Crippen LogP contribution is -2.40. The normalized spacial score (nSPS) is 17.1. The molecule has 1 saturated heterocycles. The number of carbonyl (C=O) groups excluding carboxylic acids is 1. The van der Waals surface area contributed by atoms with Crippen LogP contribution in [0.1, 0.15) is 34.9 Å². The Balaban J connectivity index is 1.56. The van der Waals surface area contributed by atoms with Crippen molar-refractivity contribution in [1.29, 1.82) is 0 Å². The summed E-state index contributed by atoms with van der Waals surface area (Å²) in [6, 6.07) is 9.02. The molecule has 8 heteroatoms. The molecule has 0 bridgehead atoms. The van der Waals surface area contributed by atoms with Crippen LogP contribution >= 0.6 is 0 Å². The second-order valence-electron chi connectivity index (χ2n) is 6.60. The number of piperidine rings is 1. The van der Waals surface area contributed by atoms with Gasteiger partial charge in [-0.2, -0.15) is 10.2 Å². The Morgan fingerprint density at radius 3 is 2.70 bits per heavy atom. The number of aromatic nitrogens is 4. The highest BCUT2D eigenvalue weighted by Gasteiger charge is 2.28. The number of hydrogen-bond donors (Lipinski definition) is 2. The Morgan fingerprint density at radius 2 is 1.96 bits per heavy atom. The SMILES string of the molecule is O=C(c1ccc(=O)[nH]n1)N1CCC[C@H](c2[nH]ncc2-c2ccc(F)cc2)C1. The first-order chi connectivity index (χ1) is 13.1. The quantitative estimate of drug-likeness (QED) is 0.743. The van der Waals surface area contributed by atoms with Crippen LogP contribution in [0.15, 0.2) is 47.4 Å². The van der Waals surface area contributed by atoms with Crippen LogP contribution in [0.4, 0.5) is 4.39 Å². The third-order valence-corrected chi connectivity index (χ3v) is 4.84. The van der Waals surface area contributed by atoms with Gasteiger partial charge in [0.25, 0.3) is 11.5 Å². The summed E-state index contributed by atoms with van der Waals surface area (Å²) < 4.78 is 13.2. The van der Waals surface area contributed by atoms with Crippen LogP contribution in [0.25, 0.3) is 11.1 Å². The Morgan fingerprint density at radius 1 is 1.15 bits per heavy atom. The average Bonchev–Trinajstić information content (AvgIpc) is 3.18. The predicted molar refractivity (Wildman–Crippen MR) is 96.7 cm³/mol. The first kappa shape index (κ1) is 17.1. The summed E-state index contributed by atoms with van der Waals surface area (Å²) in [6.45, 7) is 1.16. The van der Waals surface area contributed by atoms with Crippen LogP contribution in [-0.2, 0) is 0 Å².